The maximum atomic E-state index is 13.3. The van der Waals surface area contributed by atoms with Crippen LogP contribution in [0, 0.1) is 0 Å². The molecule has 0 aliphatic carbocycles. The van der Waals surface area contributed by atoms with Gasteiger partial charge in [0, 0.05) is 43.0 Å². The van der Waals surface area contributed by atoms with Crippen molar-refractivity contribution in [2.45, 2.75) is 38.2 Å². The first-order chi connectivity index (χ1) is 17.4. The molecule has 2 aromatic heterocycles. The van der Waals surface area contributed by atoms with Crippen LogP contribution >= 0.6 is 0 Å². The molecule has 2 bridgehead atoms. The second kappa shape index (κ2) is 7.57. The van der Waals surface area contributed by atoms with Crippen molar-refractivity contribution in [3.05, 3.63) is 76.9 Å². The summed E-state index contributed by atoms with van der Waals surface area (Å²) in [6.45, 7) is -1.71. The highest BCUT2D eigenvalue weighted by Crippen LogP contribution is 2.50. The van der Waals surface area contributed by atoms with Gasteiger partial charge in [-0.3, -0.25) is 14.7 Å². The number of carbonyl (C=O) groups is 1. The average Bonchev–Trinajstić information content (AvgIpc) is 3.45. The van der Waals surface area contributed by atoms with Crippen LogP contribution in [0.1, 0.15) is 51.5 Å². The Morgan fingerprint density at radius 2 is 1.89 bits per heavy atom. The van der Waals surface area contributed by atoms with Crippen molar-refractivity contribution in [1.82, 2.24) is 24.3 Å². The number of ether oxygens (including phenoxy) is 1. The van der Waals surface area contributed by atoms with E-state index in [9.17, 15) is 13.6 Å². The van der Waals surface area contributed by atoms with Crippen LogP contribution in [0.4, 0.5) is 8.78 Å². The van der Waals surface area contributed by atoms with E-state index >= 15 is 0 Å². The third kappa shape index (κ3) is 3.02. The first kappa shape index (κ1) is 21.4. The fourth-order valence-corrected chi connectivity index (χ4v) is 6.07. The molecule has 9 heteroatoms. The highest BCUT2D eigenvalue weighted by atomic mass is 19.3. The second-order valence-corrected chi connectivity index (χ2v) is 9.83. The van der Waals surface area contributed by atoms with Crippen molar-refractivity contribution in [2.75, 3.05) is 14.1 Å². The number of rotatable bonds is 3. The summed E-state index contributed by atoms with van der Waals surface area (Å²) in [4.78, 5) is 25.6. The molecule has 0 fully saturated rings. The van der Waals surface area contributed by atoms with Crippen molar-refractivity contribution in [1.29, 1.82) is 0 Å². The number of fused-ring (bicyclic) bond motifs is 10. The Bertz CT molecular complexity index is 1570. The summed E-state index contributed by atoms with van der Waals surface area (Å²) in [5.41, 5.74) is 6.89. The molecule has 2 aromatic carbocycles. The molecular formula is C27H23F2N5O2. The van der Waals surface area contributed by atoms with Crippen LogP contribution in [-0.4, -0.2) is 50.9 Å². The van der Waals surface area contributed by atoms with Crippen molar-refractivity contribution in [2.24, 2.45) is 0 Å². The maximum Gasteiger partial charge on any atom is 0.387 e. The van der Waals surface area contributed by atoms with Gasteiger partial charge in [0.15, 0.2) is 0 Å². The summed E-state index contributed by atoms with van der Waals surface area (Å²) in [6.07, 6.45) is 2.48. The Morgan fingerprint density at radius 1 is 1.03 bits per heavy atom. The number of hydrogen-bond acceptors (Lipinski definition) is 5. The van der Waals surface area contributed by atoms with Gasteiger partial charge in [0.05, 0.1) is 23.1 Å². The molecule has 0 spiro atoms. The maximum absolute atomic E-state index is 13.3. The van der Waals surface area contributed by atoms with Gasteiger partial charge in [0.25, 0.3) is 5.91 Å². The first-order valence-electron chi connectivity index (χ1n) is 11.9. The second-order valence-electron chi connectivity index (χ2n) is 9.83. The number of alkyl halides is 2. The number of imidazole rings is 1. The van der Waals surface area contributed by atoms with E-state index in [2.05, 4.69) is 20.5 Å². The standard InChI is InChI=1S/C27H23F2N5O2/c1-32-12-15-4-3-5-22(36-27(28)29)23(15)20-10-21(32)25-31-18-7-6-14(9-19(18)34(20)25)16-8-17-13-33(2)26(35)24(17)30-11-16/h3-9,11,20-21,27H,10,12-13H2,1-2H3/t20-,21-/m1/s1. The van der Waals surface area contributed by atoms with Crippen molar-refractivity contribution < 1.29 is 18.3 Å². The first-order valence-corrected chi connectivity index (χ1v) is 11.9. The fourth-order valence-electron chi connectivity index (χ4n) is 6.07. The number of carbonyl (C=O) groups excluding carboxylic acids is 1. The summed E-state index contributed by atoms with van der Waals surface area (Å²) in [7, 11) is 3.82. The Kier molecular flexibility index (Phi) is 4.51. The topological polar surface area (TPSA) is 63.5 Å². The molecule has 0 unspecified atom stereocenters. The molecule has 0 radical (unpaired) electrons. The van der Waals surface area contributed by atoms with Gasteiger partial charge >= 0.3 is 6.61 Å². The van der Waals surface area contributed by atoms with Crippen molar-refractivity contribution in [3.63, 3.8) is 0 Å². The molecule has 7 nitrogen and oxygen atoms in total. The largest absolute Gasteiger partial charge is 0.434 e. The average molecular weight is 488 g/mol. The number of hydrogen-bond donors (Lipinski definition) is 0. The van der Waals surface area contributed by atoms with E-state index in [0.717, 1.165) is 51.1 Å². The van der Waals surface area contributed by atoms with Gasteiger partial charge in [-0.2, -0.15) is 8.78 Å². The van der Waals surface area contributed by atoms with Crippen molar-refractivity contribution >= 4 is 16.9 Å². The summed E-state index contributed by atoms with van der Waals surface area (Å²) in [6, 6.07) is 13.4. The van der Waals surface area contributed by atoms with Gasteiger partial charge < -0.3 is 14.2 Å². The van der Waals surface area contributed by atoms with E-state index in [-0.39, 0.29) is 23.7 Å². The fraction of sp³-hybridized carbons (Fsp3) is 0.296. The van der Waals surface area contributed by atoms with E-state index in [4.69, 9.17) is 9.72 Å². The van der Waals surface area contributed by atoms with Gasteiger partial charge in [-0.15, -0.1) is 0 Å². The van der Waals surface area contributed by atoms with Crippen molar-refractivity contribution in [3.8, 4) is 16.9 Å². The van der Waals surface area contributed by atoms with Crippen LogP contribution in [0.25, 0.3) is 22.2 Å². The van der Waals surface area contributed by atoms with Crippen LogP contribution in [0.3, 0.4) is 0 Å². The molecule has 3 aliphatic rings. The lowest BCUT2D eigenvalue weighted by Gasteiger charge is -2.24. The number of benzene rings is 2. The van der Waals surface area contributed by atoms with E-state index in [1.807, 2.05) is 31.3 Å². The summed E-state index contributed by atoms with van der Waals surface area (Å²) in [5, 5.41) is 0. The summed E-state index contributed by atoms with van der Waals surface area (Å²) < 4.78 is 33.8. The Hall–Kier alpha value is -3.85. The Balaban J connectivity index is 1.39. The zero-order chi connectivity index (χ0) is 24.7. The molecule has 1 amide bonds. The highest BCUT2D eigenvalue weighted by molar-refractivity contribution is 5.96. The predicted octanol–water partition coefficient (Wildman–Crippen LogP) is 4.76. The lowest BCUT2D eigenvalue weighted by molar-refractivity contribution is -0.0507. The minimum absolute atomic E-state index is 0.0615. The van der Waals surface area contributed by atoms with Gasteiger partial charge in [-0.25, -0.2) is 4.98 Å². The number of halogens is 2. The van der Waals surface area contributed by atoms with E-state index < -0.39 is 6.61 Å². The lowest BCUT2D eigenvalue weighted by Crippen LogP contribution is -2.23. The van der Waals surface area contributed by atoms with E-state index in [0.29, 0.717) is 18.8 Å². The van der Waals surface area contributed by atoms with Gasteiger partial charge in [0.2, 0.25) is 0 Å². The molecule has 4 aromatic rings. The number of nitrogens with zero attached hydrogens (tertiary/aromatic N) is 5. The zero-order valence-electron chi connectivity index (χ0n) is 19.8. The number of aromatic nitrogens is 3. The van der Waals surface area contributed by atoms with Crippen LogP contribution < -0.4 is 4.74 Å². The normalized spacial score (nSPS) is 20.6. The quantitative estimate of drug-likeness (QED) is 0.417. The molecule has 7 rings (SSSR count). The van der Waals surface area contributed by atoms with Gasteiger partial charge in [-0.05, 0) is 48.9 Å². The molecule has 0 saturated heterocycles. The molecule has 182 valence electrons. The molecule has 0 N–H and O–H groups in total. The smallest absolute Gasteiger partial charge is 0.387 e. The highest BCUT2D eigenvalue weighted by Gasteiger charge is 2.42. The SMILES string of the molecule is CN1Cc2cc(-c3ccc4nc5n(c4c3)[C@@H]3C[C@H]5N(C)Cc4cccc(OC(F)F)c43)cnc2C1=O. The third-order valence-electron chi connectivity index (χ3n) is 7.69. The predicted molar refractivity (Wildman–Crippen MR) is 129 cm³/mol. The van der Waals surface area contributed by atoms with E-state index in [1.165, 1.54) is 0 Å². The minimum Gasteiger partial charge on any atom is -0.434 e. The monoisotopic (exact) mass is 487 g/mol. The molecule has 5 heterocycles. The van der Waals surface area contributed by atoms with E-state index in [1.54, 1.807) is 30.3 Å². The zero-order valence-corrected chi connectivity index (χ0v) is 19.8. The Labute approximate surface area is 205 Å². The van der Waals surface area contributed by atoms with Crippen LogP contribution in [0.15, 0.2) is 48.7 Å². The number of pyridine rings is 1. The molecule has 3 aliphatic heterocycles. The van der Waals surface area contributed by atoms with Crippen LogP contribution in [0.2, 0.25) is 0 Å². The number of amides is 1. The molecular weight excluding hydrogens is 464 g/mol. The Morgan fingerprint density at radius 3 is 2.72 bits per heavy atom. The lowest BCUT2D eigenvalue weighted by atomic mass is 9.97. The molecule has 36 heavy (non-hydrogen) atoms. The third-order valence-corrected chi connectivity index (χ3v) is 7.69. The molecule has 2 atom stereocenters. The van der Waals surface area contributed by atoms with Crippen LogP contribution in [0.5, 0.6) is 5.75 Å². The van der Waals surface area contributed by atoms with Gasteiger partial charge in [0.1, 0.15) is 17.3 Å². The molecule has 0 saturated carbocycles. The summed E-state index contributed by atoms with van der Waals surface area (Å²) in [5.74, 6) is 1.10. The van der Waals surface area contributed by atoms with Gasteiger partial charge in [-0.1, -0.05) is 18.2 Å². The summed E-state index contributed by atoms with van der Waals surface area (Å²) >= 11 is 0. The minimum atomic E-state index is -2.89. The van der Waals surface area contributed by atoms with Crippen LogP contribution in [-0.2, 0) is 13.1 Å².